The van der Waals surface area contributed by atoms with Crippen molar-refractivity contribution in [3.63, 3.8) is 0 Å². The van der Waals surface area contributed by atoms with Crippen molar-refractivity contribution in [1.82, 2.24) is 0 Å². The smallest absolute Gasteiger partial charge is 0.748 e. The van der Waals surface area contributed by atoms with Gasteiger partial charge in [0.25, 0.3) is 0 Å². The molecule has 0 spiro atoms. The number of hydrogen-bond acceptors (Lipinski definition) is 6. The van der Waals surface area contributed by atoms with Crippen LogP contribution < -0.4 is 103 Å². The van der Waals surface area contributed by atoms with Crippen molar-refractivity contribution >= 4 is 20.2 Å². The van der Waals surface area contributed by atoms with Gasteiger partial charge in [-0.2, -0.15) is 0 Å². The molecule has 12 heteroatoms. The average Bonchev–Trinajstić information content (AvgIpc) is 2.64. The molecule has 0 aromatic carbocycles. The van der Waals surface area contributed by atoms with Gasteiger partial charge < -0.3 is 9.11 Å². The molecule has 0 atom stereocenters. The van der Waals surface area contributed by atoms with Gasteiger partial charge in [-0.1, -0.05) is 77.0 Å². The summed E-state index contributed by atoms with van der Waals surface area (Å²) in [6, 6.07) is 0. The number of rotatable bonds is 20. The maximum atomic E-state index is 11.7. The monoisotopic (exact) mass is 556 g/mol. The SMILES string of the molecule is O=S(=O)([O-])CCCCCCCCCCF.O=S(=O)([O-])CCCCCCCCCCF.[K+].[K+]. The maximum absolute atomic E-state index is 11.7. The number of halogens is 2. The largest absolute Gasteiger partial charge is 1.00 e. The topological polar surface area (TPSA) is 114 Å². The van der Waals surface area contributed by atoms with E-state index in [0.717, 1.165) is 77.0 Å². The Labute approximate surface area is 280 Å². The van der Waals surface area contributed by atoms with Crippen LogP contribution in [0.3, 0.4) is 0 Å². The second-order valence-corrected chi connectivity index (χ2v) is 10.6. The summed E-state index contributed by atoms with van der Waals surface area (Å²) in [6.07, 6.45) is 14.0. The van der Waals surface area contributed by atoms with Crippen LogP contribution in [-0.2, 0) is 20.2 Å². The first kappa shape index (κ1) is 42.1. The van der Waals surface area contributed by atoms with Gasteiger partial charge in [-0.15, -0.1) is 0 Å². The van der Waals surface area contributed by atoms with Crippen LogP contribution in [0.1, 0.15) is 103 Å². The third-order valence-corrected chi connectivity index (χ3v) is 6.13. The summed E-state index contributed by atoms with van der Waals surface area (Å²) >= 11 is 0. The minimum Gasteiger partial charge on any atom is -0.748 e. The molecule has 0 saturated carbocycles. The molecule has 184 valence electrons. The third-order valence-electron chi connectivity index (χ3n) is 4.56. The van der Waals surface area contributed by atoms with Gasteiger partial charge in [-0.05, 0) is 25.7 Å². The summed E-state index contributed by atoms with van der Waals surface area (Å²) in [4.78, 5) is 0. The van der Waals surface area contributed by atoms with Crippen molar-refractivity contribution in [1.29, 1.82) is 0 Å². The molecule has 0 heterocycles. The molecule has 0 rings (SSSR count). The predicted octanol–water partition coefficient (Wildman–Crippen LogP) is -0.748. The fourth-order valence-electron chi connectivity index (χ4n) is 2.87. The van der Waals surface area contributed by atoms with E-state index in [1.807, 2.05) is 0 Å². The quantitative estimate of drug-likeness (QED) is 0.111. The zero-order chi connectivity index (χ0) is 23.1. The normalized spacial score (nSPS) is 11.1. The Morgan fingerprint density at radius 1 is 0.406 bits per heavy atom. The Morgan fingerprint density at radius 2 is 0.594 bits per heavy atom. The molecule has 6 nitrogen and oxygen atoms in total. The minimum atomic E-state index is -4.02. The molecule has 0 aliphatic rings. The predicted molar refractivity (Wildman–Crippen MR) is 115 cm³/mol. The number of hydrogen-bond donors (Lipinski definition) is 0. The van der Waals surface area contributed by atoms with Gasteiger partial charge in [0.15, 0.2) is 0 Å². The van der Waals surface area contributed by atoms with Crippen molar-refractivity contribution in [2.75, 3.05) is 24.9 Å². The summed E-state index contributed by atoms with van der Waals surface area (Å²) < 4.78 is 84.9. The van der Waals surface area contributed by atoms with Crippen LogP contribution in [0.5, 0.6) is 0 Å². The molecule has 0 radical (unpaired) electrons. The Balaban J connectivity index is -0.000000231. The van der Waals surface area contributed by atoms with Gasteiger partial charge in [0.1, 0.15) is 0 Å². The van der Waals surface area contributed by atoms with Crippen LogP contribution in [0.4, 0.5) is 8.78 Å². The Hall–Kier alpha value is 2.95. The first-order valence-electron chi connectivity index (χ1n) is 11.1. The summed E-state index contributed by atoms with van der Waals surface area (Å²) in [5, 5.41) is 0. The molecule has 0 N–H and O–H groups in total. The van der Waals surface area contributed by atoms with Crippen molar-refractivity contribution in [3.8, 4) is 0 Å². The Bertz CT molecular complexity index is 514. The molecule has 0 aliphatic heterocycles. The molecule has 0 aromatic heterocycles. The molecule has 0 aromatic rings. The molecular weight excluding hydrogens is 517 g/mol. The van der Waals surface area contributed by atoms with Crippen LogP contribution in [0.25, 0.3) is 0 Å². The Kier molecular flexibility index (Phi) is 39.7. The number of alkyl halides is 2. The third kappa shape index (κ3) is 46.3. The van der Waals surface area contributed by atoms with E-state index in [1.165, 1.54) is 0 Å². The number of unbranched alkanes of at least 4 members (excludes halogenated alkanes) is 14. The second kappa shape index (κ2) is 30.2. The summed E-state index contributed by atoms with van der Waals surface area (Å²) in [5.41, 5.74) is 0. The van der Waals surface area contributed by atoms with Crippen LogP contribution in [0.15, 0.2) is 0 Å². The van der Waals surface area contributed by atoms with Crippen LogP contribution >= 0.6 is 0 Å². The van der Waals surface area contributed by atoms with Gasteiger partial charge in [-0.25, -0.2) is 16.8 Å². The average molecular weight is 557 g/mol. The van der Waals surface area contributed by atoms with E-state index in [4.69, 9.17) is 0 Å². The molecule has 0 amide bonds. The molecule has 0 fully saturated rings. The van der Waals surface area contributed by atoms with Gasteiger partial charge in [-0.3, -0.25) is 8.78 Å². The molecule has 0 bridgehead atoms. The first-order chi connectivity index (χ1) is 14.1. The second-order valence-electron chi connectivity index (χ2n) is 7.56. The van der Waals surface area contributed by atoms with Crippen molar-refractivity contribution < 1.29 is 137 Å². The first-order valence-corrected chi connectivity index (χ1v) is 14.3. The van der Waals surface area contributed by atoms with Gasteiger partial charge in [0.05, 0.1) is 33.6 Å². The van der Waals surface area contributed by atoms with E-state index in [2.05, 4.69) is 0 Å². The molecular formula is C20H40F2K2O6S2. The summed E-state index contributed by atoms with van der Waals surface area (Å²) in [5.74, 6) is -0.482. The van der Waals surface area contributed by atoms with Crippen molar-refractivity contribution in [2.45, 2.75) is 103 Å². The molecule has 0 unspecified atom stereocenters. The van der Waals surface area contributed by atoms with Crippen LogP contribution in [-0.4, -0.2) is 50.8 Å². The van der Waals surface area contributed by atoms with Crippen molar-refractivity contribution in [2.24, 2.45) is 0 Å². The van der Waals surface area contributed by atoms with Crippen molar-refractivity contribution in [3.05, 3.63) is 0 Å². The molecule has 32 heavy (non-hydrogen) atoms. The fourth-order valence-corrected chi connectivity index (χ4v) is 3.98. The van der Waals surface area contributed by atoms with E-state index < -0.39 is 20.2 Å². The standard InChI is InChI=1S/2C10H21FO3S.2K/c2*11-9-7-5-3-1-2-4-6-8-10-15(12,13)14;;/h2*1-10H2,(H,12,13,14);;/q;;2*+1/p-2. The van der Waals surface area contributed by atoms with Gasteiger partial charge >= 0.3 is 103 Å². The summed E-state index contributed by atoms with van der Waals surface area (Å²) in [6.45, 7) is -0.470. The van der Waals surface area contributed by atoms with E-state index in [9.17, 15) is 34.7 Å². The molecule has 0 saturated heterocycles. The van der Waals surface area contributed by atoms with Crippen LogP contribution in [0, 0.1) is 0 Å². The van der Waals surface area contributed by atoms with Gasteiger partial charge in [0.2, 0.25) is 0 Å². The van der Waals surface area contributed by atoms with E-state index in [1.54, 1.807) is 0 Å². The van der Waals surface area contributed by atoms with E-state index >= 15 is 0 Å². The van der Waals surface area contributed by atoms with E-state index in [0.29, 0.717) is 25.7 Å². The maximum Gasteiger partial charge on any atom is 1.00 e. The minimum absolute atomic E-state index is 0. The zero-order valence-corrected chi connectivity index (χ0v) is 28.0. The van der Waals surface area contributed by atoms with Crippen LogP contribution in [0.2, 0.25) is 0 Å². The fraction of sp³-hybridized carbons (Fsp3) is 1.00. The summed E-state index contributed by atoms with van der Waals surface area (Å²) in [7, 11) is -8.04. The molecule has 0 aliphatic carbocycles. The Morgan fingerprint density at radius 3 is 0.781 bits per heavy atom. The van der Waals surface area contributed by atoms with Gasteiger partial charge in [0, 0.05) is 11.5 Å². The zero-order valence-electron chi connectivity index (χ0n) is 20.2. The van der Waals surface area contributed by atoms with E-state index in [-0.39, 0.29) is 128 Å².